The van der Waals surface area contributed by atoms with Crippen molar-refractivity contribution < 1.29 is 0 Å². The van der Waals surface area contributed by atoms with Crippen LogP contribution in [0.15, 0.2) is 54.7 Å². The Morgan fingerprint density at radius 2 is 1.81 bits per heavy atom. The predicted molar refractivity (Wildman–Crippen MR) is 90.6 cm³/mol. The summed E-state index contributed by atoms with van der Waals surface area (Å²) < 4.78 is 0. The number of aromatic nitrogens is 2. The Bertz CT molecular complexity index is 796. The maximum atomic E-state index is 5.32. The van der Waals surface area contributed by atoms with Crippen molar-refractivity contribution in [3.05, 3.63) is 60.4 Å². The molecule has 1 heterocycles. The summed E-state index contributed by atoms with van der Waals surface area (Å²) in [6.07, 6.45) is 1.70. The van der Waals surface area contributed by atoms with Crippen molar-refractivity contribution in [3.63, 3.8) is 0 Å². The van der Waals surface area contributed by atoms with Gasteiger partial charge in [-0.05, 0) is 36.7 Å². The third-order valence-corrected chi connectivity index (χ3v) is 3.26. The molecule has 0 aliphatic heterocycles. The van der Waals surface area contributed by atoms with Crippen molar-refractivity contribution >= 4 is 39.7 Å². The third-order valence-electron chi connectivity index (χ3n) is 3.06. The zero-order chi connectivity index (χ0) is 14.7. The normalized spacial score (nSPS) is 10.3. The highest BCUT2D eigenvalue weighted by Crippen LogP contribution is 2.22. The summed E-state index contributed by atoms with van der Waals surface area (Å²) >= 11 is 5.32. The Morgan fingerprint density at radius 3 is 2.67 bits per heavy atom. The molecule has 2 N–H and O–H groups in total. The number of nitrogens with zero attached hydrogens (tertiary/aromatic N) is 2. The van der Waals surface area contributed by atoms with Gasteiger partial charge in [-0.2, -0.15) is 0 Å². The molecular formula is C16H14N4S. The summed E-state index contributed by atoms with van der Waals surface area (Å²) in [7, 11) is 0. The molecule has 2 aromatic carbocycles. The minimum atomic E-state index is 0.469. The Labute approximate surface area is 128 Å². The first-order chi connectivity index (χ1) is 10.2. The molecule has 0 amide bonds. The molecular weight excluding hydrogens is 280 g/mol. The molecule has 5 heteroatoms. The van der Waals surface area contributed by atoms with Gasteiger partial charge in [0.25, 0.3) is 0 Å². The molecule has 1 aromatic heterocycles. The highest BCUT2D eigenvalue weighted by atomic mass is 32.1. The molecule has 4 nitrogen and oxygen atoms in total. The van der Waals surface area contributed by atoms with Gasteiger partial charge in [0.05, 0.1) is 0 Å². The van der Waals surface area contributed by atoms with Crippen LogP contribution in [0.25, 0.3) is 10.8 Å². The molecule has 0 aliphatic carbocycles. The molecule has 0 spiro atoms. The van der Waals surface area contributed by atoms with Gasteiger partial charge in [-0.1, -0.05) is 36.4 Å². The van der Waals surface area contributed by atoms with E-state index >= 15 is 0 Å². The van der Waals surface area contributed by atoms with E-state index in [1.807, 2.05) is 37.3 Å². The molecule has 0 atom stereocenters. The summed E-state index contributed by atoms with van der Waals surface area (Å²) in [5.74, 6) is 0.493. The number of thiocarbonyl (C=S) groups is 1. The molecule has 0 aliphatic rings. The largest absolute Gasteiger partial charge is 0.332 e. The molecule has 3 aromatic rings. The fraction of sp³-hybridized carbons (Fsp3) is 0.0625. The minimum Gasteiger partial charge on any atom is -0.332 e. The lowest BCUT2D eigenvalue weighted by molar-refractivity contribution is 1.11. The Balaban J connectivity index is 1.80. The second-order valence-electron chi connectivity index (χ2n) is 4.63. The van der Waals surface area contributed by atoms with E-state index in [1.54, 1.807) is 6.20 Å². The smallest absolute Gasteiger partial charge is 0.229 e. The lowest BCUT2D eigenvalue weighted by Gasteiger charge is -2.11. The summed E-state index contributed by atoms with van der Waals surface area (Å²) in [6, 6.07) is 16.1. The molecule has 0 saturated heterocycles. The number of anilines is 2. The first-order valence-electron chi connectivity index (χ1n) is 6.58. The first-order valence-corrected chi connectivity index (χ1v) is 6.98. The highest BCUT2D eigenvalue weighted by Gasteiger charge is 2.04. The van der Waals surface area contributed by atoms with E-state index in [0.29, 0.717) is 11.1 Å². The van der Waals surface area contributed by atoms with Crippen LogP contribution in [0.4, 0.5) is 11.6 Å². The number of nitrogens with one attached hydrogen (secondary N) is 2. The summed E-state index contributed by atoms with van der Waals surface area (Å²) in [4.78, 5) is 8.40. The third kappa shape index (κ3) is 3.14. The van der Waals surface area contributed by atoms with E-state index in [-0.39, 0.29) is 0 Å². The monoisotopic (exact) mass is 294 g/mol. The van der Waals surface area contributed by atoms with Gasteiger partial charge in [-0.3, -0.25) is 0 Å². The molecule has 21 heavy (non-hydrogen) atoms. The standard InChI is InChI=1S/C16H14N4S/c1-11-9-10-17-15(18-11)20-16(21)19-14-8-4-6-12-5-2-3-7-13(12)14/h2-10H,1H3,(H2,17,18,19,20,21). The van der Waals surface area contributed by atoms with E-state index in [0.717, 1.165) is 22.2 Å². The van der Waals surface area contributed by atoms with Crippen LogP contribution in [-0.4, -0.2) is 15.1 Å². The van der Waals surface area contributed by atoms with Gasteiger partial charge in [0.1, 0.15) is 0 Å². The van der Waals surface area contributed by atoms with Gasteiger partial charge in [0.15, 0.2) is 5.11 Å². The van der Waals surface area contributed by atoms with Gasteiger partial charge in [-0.15, -0.1) is 0 Å². The fourth-order valence-electron chi connectivity index (χ4n) is 2.10. The quantitative estimate of drug-likeness (QED) is 0.705. The molecule has 0 bridgehead atoms. The average molecular weight is 294 g/mol. The van der Waals surface area contributed by atoms with Crippen LogP contribution >= 0.6 is 12.2 Å². The number of hydrogen-bond acceptors (Lipinski definition) is 3. The first kappa shape index (κ1) is 13.5. The van der Waals surface area contributed by atoms with E-state index in [2.05, 4.69) is 38.8 Å². The number of fused-ring (bicyclic) bond motifs is 1. The topological polar surface area (TPSA) is 49.8 Å². The van der Waals surface area contributed by atoms with Crippen molar-refractivity contribution in [1.29, 1.82) is 0 Å². The number of rotatable bonds is 2. The Morgan fingerprint density at radius 1 is 1.00 bits per heavy atom. The second-order valence-corrected chi connectivity index (χ2v) is 5.04. The van der Waals surface area contributed by atoms with Gasteiger partial charge in [-0.25, -0.2) is 9.97 Å². The molecule has 0 radical (unpaired) electrons. The van der Waals surface area contributed by atoms with Crippen LogP contribution in [0.1, 0.15) is 5.69 Å². The van der Waals surface area contributed by atoms with Gasteiger partial charge >= 0.3 is 0 Å². The summed E-state index contributed by atoms with van der Waals surface area (Å²) in [6.45, 7) is 1.91. The lowest BCUT2D eigenvalue weighted by Crippen LogP contribution is -2.20. The molecule has 0 fully saturated rings. The van der Waals surface area contributed by atoms with Crippen LogP contribution in [0, 0.1) is 6.92 Å². The van der Waals surface area contributed by atoms with Crippen molar-refractivity contribution in [2.24, 2.45) is 0 Å². The van der Waals surface area contributed by atoms with Gasteiger partial charge in [0, 0.05) is 23.0 Å². The van der Waals surface area contributed by atoms with Crippen LogP contribution in [0.3, 0.4) is 0 Å². The lowest BCUT2D eigenvalue weighted by atomic mass is 10.1. The van der Waals surface area contributed by atoms with E-state index in [9.17, 15) is 0 Å². The van der Waals surface area contributed by atoms with Crippen LogP contribution in [-0.2, 0) is 0 Å². The van der Waals surface area contributed by atoms with E-state index < -0.39 is 0 Å². The fourth-order valence-corrected chi connectivity index (χ4v) is 2.30. The Hall–Kier alpha value is -2.53. The minimum absolute atomic E-state index is 0.469. The SMILES string of the molecule is Cc1ccnc(NC(=S)Nc2cccc3ccccc23)n1. The molecule has 0 saturated carbocycles. The second kappa shape index (κ2) is 5.85. The highest BCUT2D eigenvalue weighted by molar-refractivity contribution is 7.80. The molecule has 0 unspecified atom stereocenters. The number of benzene rings is 2. The number of hydrogen-bond donors (Lipinski definition) is 2. The van der Waals surface area contributed by atoms with Gasteiger partial charge < -0.3 is 10.6 Å². The maximum Gasteiger partial charge on any atom is 0.229 e. The van der Waals surface area contributed by atoms with Crippen molar-refractivity contribution in [1.82, 2.24) is 9.97 Å². The molecule has 104 valence electrons. The zero-order valence-electron chi connectivity index (χ0n) is 11.5. The number of aryl methyl sites for hydroxylation is 1. The van der Waals surface area contributed by atoms with Gasteiger partial charge in [0.2, 0.25) is 5.95 Å². The summed E-state index contributed by atoms with van der Waals surface area (Å²) in [5, 5.41) is 8.94. The zero-order valence-corrected chi connectivity index (χ0v) is 12.3. The van der Waals surface area contributed by atoms with Crippen molar-refractivity contribution in [2.45, 2.75) is 6.92 Å². The van der Waals surface area contributed by atoms with E-state index in [4.69, 9.17) is 12.2 Å². The van der Waals surface area contributed by atoms with Crippen LogP contribution in [0.5, 0.6) is 0 Å². The average Bonchev–Trinajstić information content (AvgIpc) is 2.47. The molecule has 3 rings (SSSR count). The van der Waals surface area contributed by atoms with E-state index in [1.165, 1.54) is 0 Å². The van der Waals surface area contributed by atoms with Crippen LogP contribution in [0.2, 0.25) is 0 Å². The Kier molecular flexibility index (Phi) is 3.75. The maximum absolute atomic E-state index is 5.32. The van der Waals surface area contributed by atoms with Crippen molar-refractivity contribution in [3.8, 4) is 0 Å². The predicted octanol–water partition coefficient (Wildman–Crippen LogP) is 3.75. The van der Waals surface area contributed by atoms with Crippen LogP contribution < -0.4 is 10.6 Å². The summed E-state index contributed by atoms with van der Waals surface area (Å²) in [5.41, 5.74) is 1.85. The van der Waals surface area contributed by atoms with Crippen molar-refractivity contribution in [2.75, 3.05) is 10.6 Å².